The molecule has 0 N–H and O–H groups in total. The van der Waals surface area contributed by atoms with E-state index in [9.17, 15) is 19.2 Å². The maximum absolute atomic E-state index is 12.2. The van der Waals surface area contributed by atoms with Gasteiger partial charge in [0.05, 0.1) is 13.2 Å². The molecule has 0 bridgehead atoms. The van der Waals surface area contributed by atoms with E-state index >= 15 is 0 Å². The summed E-state index contributed by atoms with van der Waals surface area (Å²) in [7, 11) is -7.07. The summed E-state index contributed by atoms with van der Waals surface area (Å²) in [5.74, 6) is -0.358. The summed E-state index contributed by atoms with van der Waals surface area (Å²) in [5.41, 5.74) is 0.755. The van der Waals surface area contributed by atoms with Crippen LogP contribution in [-0.2, 0) is 36.9 Å². The van der Waals surface area contributed by atoms with E-state index in [2.05, 4.69) is 65.5 Å². The van der Waals surface area contributed by atoms with Gasteiger partial charge in [-0.3, -0.25) is 9.59 Å². The van der Waals surface area contributed by atoms with Crippen molar-refractivity contribution in [3.05, 3.63) is 24.3 Å². The Labute approximate surface area is 375 Å². The number of hydrogen-bond acceptors (Lipinski definition) is 10. The van der Waals surface area contributed by atoms with Crippen LogP contribution in [0.3, 0.4) is 0 Å². The minimum Gasteiger partial charge on any atom is -0.462 e. The molecule has 0 atom stereocenters. The van der Waals surface area contributed by atoms with Gasteiger partial charge in [0.15, 0.2) is 33.3 Å². The van der Waals surface area contributed by atoms with Crippen LogP contribution in [0.25, 0.3) is 0 Å². The Balaban J connectivity index is 4.14. The molecule has 0 rings (SSSR count). The van der Waals surface area contributed by atoms with E-state index < -0.39 is 45.2 Å². The van der Waals surface area contributed by atoms with Crippen LogP contribution in [0.5, 0.6) is 0 Å². The summed E-state index contributed by atoms with van der Waals surface area (Å²) < 4.78 is 23.9. The number of esters is 2. The molecule has 0 radical (unpaired) electrons. The van der Waals surface area contributed by atoms with Crippen LogP contribution in [0.4, 0.5) is 0 Å². The van der Waals surface area contributed by atoms with Crippen molar-refractivity contribution in [3.63, 3.8) is 0 Å². The van der Waals surface area contributed by atoms with E-state index in [4.69, 9.17) is 42.1 Å². The number of carbonyl (C=O) groups excluding carboxylic acids is 4. The van der Waals surface area contributed by atoms with Gasteiger partial charge < -0.3 is 17.7 Å². The molecule has 0 aliphatic carbocycles. The fraction of sp³-hybridized carbons (Fsp3) is 0.778. The molecule has 0 aromatic carbocycles. The van der Waals surface area contributed by atoms with Crippen molar-refractivity contribution in [3.8, 4) is 0 Å². The van der Waals surface area contributed by atoms with Gasteiger partial charge in [-0.15, -0.1) is 0 Å². The molecule has 0 saturated carbocycles. The lowest BCUT2D eigenvalue weighted by Gasteiger charge is -2.34. The fourth-order valence-corrected chi connectivity index (χ4v) is 25.9. The average molecular weight is 930 g/mol. The van der Waals surface area contributed by atoms with Crippen molar-refractivity contribution >= 4 is 90.9 Å². The van der Waals surface area contributed by atoms with Gasteiger partial charge in [-0.2, -0.15) is 0 Å². The monoisotopic (exact) mass is 928 g/mol. The van der Waals surface area contributed by atoms with Crippen molar-refractivity contribution in [1.29, 1.82) is 0 Å². The molecule has 0 saturated heterocycles. The lowest BCUT2D eigenvalue weighted by molar-refractivity contribution is -0.140. The third kappa shape index (κ3) is 34.0. The van der Waals surface area contributed by atoms with E-state index in [0.717, 1.165) is 93.6 Å². The lowest BCUT2D eigenvalue weighted by Crippen LogP contribution is -2.44. The molecule has 340 valence electrons. The van der Waals surface area contributed by atoms with Crippen LogP contribution in [-0.4, -0.2) is 79.7 Å². The zero-order valence-electron chi connectivity index (χ0n) is 39.2. The molecule has 0 aromatic rings. The maximum atomic E-state index is 12.2. The number of rotatable bonds is 38. The smallest absolute Gasteiger partial charge is 0.333 e. The number of hydrogen-bond donors (Lipinski definition) is 0. The number of Topliss-reactive ketones (excluding diaryl/α,β-unsaturated/α-hetero) is 2. The second-order valence-electron chi connectivity index (χ2n) is 19.1. The Bertz CT molecular complexity index is 1360. The van der Waals surface area contributed by atoms with Gasteiger partial charge in [-0.1, -0.05) is 63.3 Å². The zero-order valence-corrected chi connectivity index (χ0v) is 44.8. The van der Waals surface area contributed by atoms with Gasteiger partial charge >= 0.3 is 11.9 Å². The highest BCUT2D eigenvalue weighted by atomic mass is 32.1. The first-order valence-corrected chi connectivity index (χ1v) is 35.8. The van der Waals surface area contributed by atoms with Gasteiger partial charge in [0, 0.05) is 36.8 Å². The molecule has 8 nitrogen and oxygen atoms in total. The zero-order chi connectivity index (χ0) is 45.1. The average Bonchev–Trinajstić information content (AvgIpc) is 3.11. The highest BCUT2D eigenvalue weighted by Gasteiger charge is 2.33. The van der Waals surface area contributed by atoms with E-state index in [1.165, 1.54) is 23.8 Å². The quantitative estimate of drug-likeness (QED) is 0.0195. The van der Waals surface area contributed by atoms with E-state index in [-0.39, 0.29) is 24.8 Å². The first-order valence-electron chi connectivity index (χ1n) is 22.5. The third-order valence-corrected chi connectivity index (χ3v) is 26.2. The fourth-order valence-electron chi connectivity index (χ4n) is 7.29. The minimum atomic E-state index is -1.80. The first kappa shape index (κ1) is 57.7. The first-order chi connectivity index (χ1) is 27.4. The summed E-state index contributed by atoms with van der Waals surface area (Å²) in [4.78, 5) is 49.5. The summed E-state index contributed by atoms with van der Waals surface area (Å²) >= 11 is 11.4. The normalized spacial score (nSPS) is 12.2. The van der Waals surface area contributed by atoms with Crippen LogP contribution in [0, 0.1) is 0 Å². The second kappa shape index (κ2) is 30.7. The highest BCUT2D eigenvalue weighted by molar-refractivity contribution is 7.80. The lowest BCUT2D eigenvalue weighted by atomic mass is 10.1. The van der Waals surface area contributed by atoms with Crippen LogP contribution in [0.15, 0.2) is 24.3 Å². The summed E-state index contributed by atoms with van der Waals surface area (Å²) in [6.07, 6.45) is 16.5. The van der Waals surface area contributed by atoms with Gasteiger partial charge in [0.1, 0.15) is 11.6 Å². The third-order valence-electron chi connectivity index (χ3n) is 10.3. The van der Waals surface area contributed by atoms with Gasteiger partial charge in [-0.25, -0.2) is 9.59 Å². The Morgan fingerprint density at radius 2 is 0.661 bits per heavy atom. The molecular weight excluding hydrogens is 845 g/mol. The standard InChI is InChI=1S/C45H84O8S2Si4/c1-38(2)44(48)50-32-22-26-40(46)24-13-17-34-56(5,6)52-57(7,8)35-18-14-28-42(54)29-15-19-36-58(9,10)53-59(11,12)37-20-16-30-43(55)31-21-25-41(47)27-23-33-51-45(49)39(3)4/h1,3,13-37H2,2,4-12H3. The Hall–Kier alpha value is -1.27. The number of unbranched alkanes of at least 4 members (excludes halogenated alkanes) is 4. The summed E-state index contributed by atoms with van der Waals surface area (Å²) in [6.45, 7) is 29.7. The largest absolute Gasteiger partial charge is 0.462 e. The van der Waals surface area contributed by atoms with E-state index in [1.54, 1.807) is 13.8 Å². The number of ketones is 2. The minimum absolute atomic E-state index is 0.200. The van der Waals surface area contributed by atoms with Crippen molar-refractivity contribution in [2.24, 2.45) is 0 Å². The van der Waals surface area contributed by atoms with Crippen molar-refractivity contribution in [2.45, 2.75) is 212 Å². The van der Waals surface area contributed by atoms with Gasteiger partial charge in [-0.05, 0) is 171 Å². The topological polar surface area (TPSA) is 105 Å². The van der Waals surface area contributed by atoms with Crippen molar-refractivity contribution in [1.82, 2.24) is 0 Å². The highest BCUT2D eigenvalue weighted by Crippen LogP contribution is 2.28. The molecule has 0 unspecified atom stereocenters. The van der Waals surface area contributed by atoms with Crippen molar-refractivity contribution in [2.75, 3.05) is 13.2 Å². The van der Waals surface area contributed by atoms with Crippen LogP contribution >= 0.6 is 24.4 Å². The number of thiocarbonyl (C=S) groups is 2. The second-order valence-corrected chi connectivity index (χ2v) is 38.0. The SMILES string of the molecule is C=C(C)C(=O)OCCCC(=O)CCCC[Si](C)(C)O[Si](C)(C)CCCCC(=S)CCCC[Si](C)(C)O[Si](C)(C)CCCCC(=S)CCCC(=O)CCCOC(=O)C(=C)C. The Kier molecular flexibility index (Phi) is 30.1. The van der Waals surface area contributed by atoms with Crippen LogP contribution in [0.2, 0.25) is 76.6 Å². The Morgan fingerprint density at radius 1 is 0.407 bits per heavy atom. The summed E-state index contributed by atoms with van der Waals surface area (Å²) in [6, 6.07) is 4.56. The molecule has 0 aliphatic rings. The van der Waals surface area contributed by atoms with E-state index in [1.807, 2.05) is 0 Å². The van der Waals surface area contributed by atoms with Crippen LogP contribution < -0.4 is 0 Å². The predicted octanol–water partition coefficient (Wildman–Crippen LogP) is 13.4. The predicted molar refractivity (Wildman–Crippen MR) is 266 cm³/mol. The molecular formula is C45H84O8S2Si4. The molecule has 0 aromatic heterocycles. The summed E-state index contributed by atoms with van der Waals surface area (Å²) in [5, 5.41) is 0. The maximum Gasteiger partial charge on any atom is 0.333 e. The Morgan fingerprint density at radius 3 is 0.966 bits per heavy atom. The molecule has 0 amide bonds. The molecule has 0 heterocycles. The molecule has 0 spiro atoms. The van der Waals surface area contributed by atoms with Gasteiger partial charge in [0.2, 0.25) is 0 Å². The molecule has 14 heteroatoms. The van der Waals surface area contributed by atoms with Crippen LogP contribution in [0.1, 0.15) is 136 Å². The molecule has 0 aliphatic heterocycles. The van der Waals surface area contributed by atoms with Gasteiger partial charge in [0.25, 0.3) is 0 Å². The molecule has 59 heavy (non-hydrogen) atoms. The van der Waals surface area contributed by atoms with E-state index in [0.29, 0.717) is 49.7 Å². The number of carbonyl (C=O) groups is 4. The molecule has 0 fully saturated rings. The van der Waals surface area contributed by atoms with Crippen molar-refractivity contribution < 1.29 is 36.9 Å². The number of ether oxygens (including phenoxy) is 2.